The van der Waals surface area contributed by atoms with Crippen LogP contribution in [0, 0.1) is 0 Å². The molecule has 8 heteroatoms. The number of benzene rings is 1. The van der Waals surface area contributed by atoms with Crippen LogP contribution in [0.15, 0.2) is 36.5 Å². The molecule has 2 atom stereocenters. The lowest BCUT2D eigenvalue weighted by Crippen LogP contribution is -2.44. The minimum absolute atomic E-state index is 0.0861. The molecule has 0 radical (unpaired) electrons. The zero-order valence-electron chi connectivity index (χ0n) is 15.3. The van der Waals surface area contributed by atoms with Gasteiger partial charge in [0, 0.05) is 11.8 Å². The van der Waals surface area contributed by atoms with Crippen molar-refractivity contribution in [1.82, 2.24) is 4.98 Å². The molecule has 2 amide bonds. The van der Waals surface area contributed by atoms with E-state index >= 15 is 0 Å². The minimum Gasteiger partial charge on any atom is -0.489 e. The summed E-state index contributed by atoms with van der Waals surface area (Å²) in [6, 6.07) is 9.32. The van der Waals surface area contributed by atoms with Gasteiger partial charge in [-0.3, -0.25) is 9.80 Å². The summed E-state index contributed by atoms with van der Waals surface area (Å²) in [7, 11) is 0. The van der Waals surface area contributed by atoms with Gasteiger partial charge in [0.1, 0.15) is 36.9 Å². The Labute approximate surface area is 161 Å². The predicted octanol–water partition coefficient (Wildman–Crippen LogP) is 3.20. The Morgan fingerprint density at radius 1 is 1.11 bits per heavy atom. The lowest BCUT2D eigenvalue weighted by Gasteiger charge is -2.31. The van der Waals surface area contributed by atoms with E-state index in [1.54, 1.807) is 17.2 Å². The molecule has 0 N–H and O–H groups in total. The van der Waals surface area contributed by atoms with Gasteiger partial charge in [-0.15, -0.1) is 0 Å². The maximum Gasteiger partial charge on any atom is 0.415 e. The van der Waals surface area contributed by atoms with Crippen molar-refractivity contribution in [1.29, 1.82) is 0 Å². The second-order valence-corrected chi connectivity index (χ2v) is 6.93. The number of fused-ring (bicyclic) bond motifs is 3. The molecule has 5 rings (SSSR count). The van der Waals surface area contributed by atoms with Crippen LogP contribution in [0.2, 0.25) is 0 Å². The van der Waals surface area contributed by atoms with E-state index in [1.165, 1.54) is 4.90 Å². The zero-order chi connectivity index (χ0) is 19.3. The molecule has 144 valence electrons. The zero-order valence-corrected chi connectivity index (χ0v) is 15.3. The highest BCUT2D eigenvalue weighted by atomic mass is 16.6. The highest BCUT2D eigenvalue weighted by molar-refractivity contribution is 5.94. The second kappa shape index (κ2) is 6.40. The van der Waals surface area contributed by atoms with E-state index in [4.69, 9.17) is 14.2 Å². The largest absolute Gasteiger partial charge is 0.489 e. The van der Waals surface area contributed by atoms with E-state index < -0.39 is 0 Å². The number of pyridine rings is 1. The Balaban J connectivity index is 1.42. The van der Waals surface area contributed by atoms with Crippen molar-refractivity contribution in [2.24, 2.45) is 0 Å². The van der Waals surface area contributed by atoms with Gasteiger partial charge in [-0.1, -0.05) is 13.0 Å². The number of carbonyl (C=O) groups is 2. The molecule has 0 saturated carbocycles. The molecule has 0 bridgehead atoms. The molecule has 0 spiro atoms. The third-order valence-corrected chi connectivity index (χ3v) is 5.36. The number of ether oxygens (including phenoxy) is 3. The Hall–Kier alpha value is -3.29. The highest BCUT2D eigenvalue weighted by Crippen LogP contribution is 2.41. The molecular weight excluding hydrogens is 362 g/mol. The quantitative estimate of drug-likeness (QED) is 0.812. The smallest absolute Gasteiger partial charge is 0.415 e. The molecule has 0 unspecified atom stereocenters. The van der Waals surface area contributed by atoms with Crippen LogP contribution in [-0.2, 0) is 9.47 Å². The van der Waals surface area contributed by atoms with Crippen LogP contribution in [0.3, 0.4) is 0 Å². The van der Waals surface area contributed by atoms with E-state index in [0.29, 0.717) is 31.3 Å². The standard InChI is InChI=1S/C20H19N3O5/c1-2-16-15-11-27-17-9-12(3-5-14(17)23(15)20(25)28-16)13-4-6-18(21-10-13)22-7-8-26-19(22)24/h3-6,9-10,15-16H,2,7-8,11H2,1H3/t15-,16-/m0/s1. The van der Waals surface area contributed by atoms with Gasteiger partial charge in [-0.25, -0.2) is 14.6 Å². The third kappa shape index (κ3) is 2.56. The van der Waals surface area contributed by atoms with Crippen molar-refractivity contribution in [3.05, 3.63) is 36.5 Å². The van der Waals surface area contributed by atoms with Crippen LogP contribution in [0.1, 0.15) is 13.3 Å². The molecule has 0 aliphatic carbocycles. The van der Waals surface area contributed by atoms with Crippen LogP contribution in [0.25, 0.3) is 11.1 Å². The highest BCUT2D eigenvalue weighted by Gasteiger charge is 2.45. The first kappa shape index (κ1) is 16.9. The average Bonchev–Trinajstić information content (AvgIpc) is 3.30. The first-order chi connectivity index (χ1) is 13.7. The molecule has 3 aliphatic rings. The molecule has 2 aromatic rings. The monoisotopic (exact) mass is 381 g/mol. The topological polar surface area (TPSA) is 81.2 Å². The van der Waals surface area contributed by atoms with Crippen molar-refractivity contribution in [3.63, 3.8) is 0 Å². The molecule has 3 aliphatic heterocycles. The number of cyclic esters (lactones) is 2. The molecule has 2 saturated heterocycles. The SMILES string of the molecule is CC[C@@H]1OC(=O)N2c3ccc(-c4ccc(N5CCOC5=O)nc4)cc3OC[C@@H]12. The summed E-state index contributed by atoms with van der Waals surface area (Å²) in [6.45, 7) is 3.29. The molecular formula is C20H19N3O5. The normalized spacial score (nSPS) is 23.0. The van der Waals surface area contributed by atoms with Crippen LogP contribution in [0.5, 0.6) is 5.75 Å². The van der Waals surface area contributed by atoms with Gasteiger partial charge in [0.25, 0.3) is 0 Å². The van der Waals surface area contributed by atoms with Gasteiger partial charge >= 0.3 is 12.2 Å². The van der Waals surface area contributed by atoms with E-state index in [0.717, 1.165) is 23.2 Å². The van der Waals surface area contributed by atoms with Crippen molar-refractivity contribution < 1.29 is 23.8 Å². The maximum atomic E-state index is 12.3. The fourth-order valence-corrected chi connectivity index (χ4v) is 3.88. The first-order valence-electron chi connectivity index (χ1n) is 9.33. The Kier molecular flexibility index (Phi) is 3.85. The van der Waals surface area contributed by atoms with Gasteiger partial charge in [0.2, 0.25) is 0 Å². The number of hydrogen-bond donors (Lipinski definition) is 0. The summed E-state index contributed by atoms with van der Waals surface area (Å²) in [5, 5.41) is 0. The van der Waals surface area contributed by atoms with Crippen LogP contribution < -0.4 is 14.5 Å². The Morgan fingerprint density at radius 3 is 2.68 bits per heavy atom. The number of amides is 2. The fraction of sp³-hybridized carbons (Fsp3) is 0.350. The van der Waals surface area contributed by atoms with Gasteiger partial charge in [0.15, 0.2) is 0 Å². The molecule has 2 fully saturated rings. The lowest BCUT2D eigenvalue weighted by atomic mass is 10.0. The Morgan fingerprint density at radius 2 is 1.96 bits per heavy atom. The van der Waals surface area contributed by atoms with Crippen molar-refractivity contribution in [2.45, 2.75) is 25.5 Å². The Bertz CT molecular complexity index is 945. The second-order valence-electron chi connectivity index (χ2n) is 6.93. The van der Waals surface area contributed by atoms with Crippen molar-refractivity contribution in [2.75, 3.05) is 29.6 Å². The lowest BCUT2D eigenvalue weighted by molar-refractivity contribution is 0.119. The van der Waals surface area contributed by atoms with Gasteiger partial charge in [0.05, 0.1) is 12.2 Å². The number of carbonyl (C=O) groups excluding carboxylic acids is 2. The third-order valence-electron chi connectivity index (χ3n) is 5.36. The van der Waals surface area contributed by atoms with Crippen LogP contribution in [0.4, 0.5) is 21.1 Å². The number of nitrogens with zero attached hydrogens (tertiary/aromatic N) is 3. The van der Waals surface area contributed by atoms with Gasteiger partial charge < -0.3 is 14.2 Å². The van der Waals surface area contributed by atoms with E-state index in [-0.39, 0.29) is 24.3 Å². The molecule has 28 heavy (non-hydrogen) atoms. The molecule has 8 nitrogen and oxygen atoms in total. The molecule has 1 aromatic heterocycles. The summed E-state index contributed by atoms with van der Waals surface area (Å²) in [5.74, 6) is 1.21. The minimum atomic E-state index is -0.375. The summed E-state index contributed by atoms with van der Waals surface area (Å²) >= 11 is 0. The van der Waals surface area contributed by atoms with Crippen LogP contribution in [-0.4, -0.2) is 49.1 Å². The summed E-state index contributed by atoms with van der Waals surface area (Å²) in [5.41, 5.74) is 2.53. The van der Waals surface area contributed by atoms with Gasteiger partial charge in [-0.2, -0.15) is 0 Å². The van der Waals surface area contributed by atoms with E-state index in [2.05, 4.69) is 4.98 Å². The predicted molar refractivity (Wildman–Crippen MR) is 101 cm³/mol. The maximum absolute atomic E-state index is 12.3. The van der Waals surface area contributed by atoms with E-state index in [9.17, 15) is 9.59 Å². The summed E-state index contributed by atoms with van der Waals surface area (Å²) < 4.78 is 16.3. The number of anilines is 2. The van der Waals surface area contributed by atoms with Crippen molar-refractivity contribution >= 4 is 23.7 Å². The molecule has 4 heterocycles. The molecule has 1 aromatic carbocycles. The van der Waals surface area contributed by atoms with Crippen molar-refractivity contribution in [3.8, 4) is 16.9 Å². The fourth-order valence-electron chi connectivity index (χ4n) is 3.88. The van der Waals surface area contributed by atoms with E-state index in [1.807, 2.05) is 31.2 Å². The average molecular weight is 381 g/mol. The number of rotatable bonds is 3. The first-order valence-corrected chi connectivity index (χ1v) is 9.33. The van der Waals surface area contributed by atoms with Crippen LogP contribution >= 0.6 is 0 Å². The van der Waals surface area contributed by atoms with Gasteiger partial charge in [-0.05, 0) is 36.2 Å². The number of hydrogen-bond acceptors (Lipinski definition) is 6. The summed E-state index contributed by atoms with van der Waals surface area (Å²) in [4.78, 5) is 31.5. The summed E-state index contributed by atoms with van der Waals surface area (Å²) in [6.07, 6.45) is 1.63. The number of aromatic nitrogens is 1.